The molecule has 0 heterocycles. The smallest absolute Gasteiger partial charge is 0.412 e. The number of aromatic hydroxyl groups is 1. The van der Waals surface area contributed by atoms with E-state index in [9.17, 15) is 14.7 Å². The van der Waals surface area contributed by atoms with E-state index in [1.165, 1.54) is 13.0 Å². The Kier molecular flexibility index (Phi) is 3.70. The molecule has 0 spiro atoms. The predicted molar refractivity (Wildman–Crippen MR) is 79.6 cm³/mol. The van der Waals surface area contributed by atoms with Gasteiger partial charge in [-0.3, -0.25) is 10.1 Å². The number of benzene rings is 1. The predicted octanol–water partition coefficient (Wildman–Crippen LogP) is 3.36. The summed E-state index contributed by atoms with van der Waals surface area (Å²) in [5.41, 5.74) is -0.0930. The minimum atomic E-state index is -0.588. The van der Waals surface area contributed by atoms with E-state index in [4.69, 9.17) is 4.74 Å². The normalized spacial score (nSPS) is 16.2. The summed E-state index contributed by atoms with van der Waals surface area (Å²) >= 11 is 0. The molecule has 2 N–H and O–H groups in total. The fraction of sp³-hybridized carbons (Fsp3) is 0.500. The Morgan fingerprint density at radius 3 is 2.38 bits per heavy atom. The van der Waals surface area contributed by atoms with Gasteiger partial charge in [0.1, 0.15) is 17.1 Å². The monoisotopic (exact) mass is 291 g/mol. The third-order valence-corrected chi connectivity index (χ3v) is 3.58. The standard InChI is InChI=1S/C16H21NO4/c1-10(18)16(7-8-16)12-9-11(5-6-13(12)19)17-14(20)21-15(2,3)4/h5-6,9,19H,7-8H2,1-4H3,(H,17,20). The molecule has 1 aromatic carbocycles. The van der Waals surface area contributed by atoms with Crippen LogP contribution < -0.4 is 5.32 Å². The molecule has 1 fully saturated rings. The summed E-state index contributed by atoms with van der Waals surface area (Å²) in [6.45, 7) is 6.87. The van der Waals surface area contributed by atoms with E-state index in [0.29, 0.717) is 11.3 Å². The van der Waals surface area contributed by atoms with Gasteiger partial charge in [-0.2, -0.15) is 0 Å². The van der Waals surface area contributed by atoms with Crippen LogP contribution in [-0.4, -0.2) is 22.6 Å². The maximum absolute atomic E-state index is 11.8. The number of rotatable bonds is 3. The number of hydrogen-bond donors (Lipinski definition) is 2. The van der Waals surface area contributed by atoms with Crippen LogP contribution in [0.5, 0.6) is 5.75 Å². The van der Waals surface area contributed by atoms with E-state index in [0.717, 1.165) is 12.8 Å². The van der Waals surface area contributed by atoms with Crippen LogP contribution in [0.3, 0.4) is 0 Å². The van der Waals surface area contributed by atoms with E-state index < -0.39 is 17.1 Å². The van der Waals surface area contributed by atoms with Crippen molar-refractivity contribution in [2.24, 2.45) is 0 Å². The first-order chi connectivity index (χ1) is 9.64. The first-order valence-electron chi connectivity index (χ1n) is 6.99. The Labute approximate surface area is 124 Å². The fourth-order valence-corrected chi connectivity index (χ4v) is 2.35. The number of phenolic OH excluding ortho intramolecular Hbond substituents is 1. The van der Waals surface area contributed by atoms with Crippen molar-refractivity contribution in [1.82, 2.24) is 0 Å². The second-order valence-corrected chi connectivity index (χ2v) is 6.50. The third-order valence-electron chi connectivity index (χ3n) is 3.58. The van der Waals surface area contributed by atoms with Crippen molar-refractivity contribution in [2.45, 2.75) is 51.6 Å². The van der Waals surface area contributed by atoms with Gasteiger partial charge < -0.3 is 9.84 Å². The summed E-state index contributed by atoms with van der Waals surface area (Å²) in [5, 5.41) is 12.6. The Balaban J connectivity index is 2.20. The molecule has 1 aliphatic carbocycles. The average molecular weight is 291 g/mol. The lowest BCUT2D eigenvalue weighted by Gasteiger charge is -2.20. The van der Waals surface area contributed by atoms with Gasteiger partial charge in [-0.05, 0) is 58.7 Å². The number of Topliss-reactive ketones (excluding diaryl/α,β-unsaturated/α-hetero) is 1. The molecule has 1 aromatic rings. The minimum Gasteiger partial charge on any atom is -0.508 e. The van der Waals surface area contributed by atoms with Crippen molar-refractivity contribution in [3.8, 4) is 5.75 Å². The molecule has 114 valence electrons. The summed E-state index contributed by atoms with van der Waals surface area (Å²) < 4.78 is 5.18. The maximum Gasteiger partial charge on any atom is 0.412 e. The second kappa shape index (κ2) is 5.06. The van der Waals surface area contributed by atoms with Crippen molar-refractivity contribution in [1.29, 1.82) is 0 Å². The maximum atomic E-state index is 11.8. The van der Waals surface area contributed by atoms with Gasteiger partial charge in [0, 0.05) is 11.3 Å². The van der Waals surface area contributed by atoms with Crippen LogP contribution >= 0.6 is 0 Å². The molecule has 0 aromatic heterocycles. The van der Waals surface area contributed by atoms with Crippen LogP contribution in [0.2, 0.25) is 0 Å². The van der Waals surface area contributed by atoms with Gasteiger partial charge in [-0.1, -0.05) is 0 Å². The highest BCUT2D eigenvalue weighted by atomic mass is 16.6. The lowest BCUT2D eigenvalue weighted by atomic mass is 9.91. The van der Waals surface area contributed by atoms with Gasteiger partial charge in [0.2, 0.25) is 0 Å². The lowest BCUT2D eigenvalue weighted by Crippen LogP contribution is -2.27. The minimum absolute atomic E-state index is 0.0345. The topological polar surface area (TPSA) is 75.6 Å². The highest BCUT2D eigenvalue weighted by Crippen LogP contribution is 2.52. The van der Waals surface area contributed by atoms with Crippen LogP contribution in [0.1, 0.15) is 46.1 Å². The van der Waals surface area contributed by atoms with Gasteiger partial charge >= 0.3 is 6.09 Å². The van der Waals surface area contributed by atoms with E-state index in [1.807, 2.05) is 0 Å². The van der Waals surface area contributed by atoms with Gasteiger partial charge in [0.15, 0.2) is 0 Å². The Morgan fingerprint density at radius 1 is 1.29 bits per heavy atom. The van der Waals surface area contributed by atoms with Crippen molar-refractivity contribution in [3.05, 3.63) is 23.8 Å². The first-order valence-corrected chi connectivity index (χ1v) is 6.99. The number of carbonyl (C=O) groups excluding carboxylic acids is 2. The van der Waals surface area contributed by atoms with Gasteiger partial charge in [-0.25, -0.2) is 4.79 Å². The van der Waals surface area contributed by atoms with E-state index >= 15 is 0 Å². The van der Waals surface area contributed by atoms with Gasteiger partial charge in [0.25, 0.3) is 0 Å². The molecule has 0 atom stereocenters. The molecule has 1 aliphatic rings. The molecule has 0 radical (unpaired) electrons. The number of hydrogen-bond acceptors (Lipinski definition) is 4. The number of nitrogens with one attached hydrogen (secondary N) is 1. The van der Waals surface area contributed by atoms with Crippen LogP contribution in [-0.2, 0) is 14.9 Å². The number of phenols is 1. The summed E-state index contributed by atoms with van der Waals surface area (Å²) in [5.74, 6) is 0.115. The molecule has 1 saturated carbocycles. The van der Waals surface area contributed by atoms with Crippen LogP contribution in [0, 0.1) is 0 Å². The zero-order valence-corrected chi connectivity index (χ0v) is 12.8. The Bertz CT molecular complexity index is 582. The van der Waals surface area contributed by atoms with Crippen molar-refractivity contribution in [2.75, 3.05) is 5.32 Å². The van der Waals surface area contributed by atoms with Crippen LogP contribution in [0.15, 0.2) is 18.2 Å². The number of ether oxygens (including phenoxy) is 1. The highest BCUT2D eigenvalue weighted by Gasteiger charge is 2.50. The molecule has 1 amide bonds. The zero-order chi connectivity index (χ0) is 15.8. The fourth-order valence-electron chi connectivity index (χ4n) is 2.35. The third kappa shape index (κ3) is 3.35. The van der Waals surface area contributed by atoms with E-state index in [1.54, 1.807) is 32.9 Å². The van der Waals surface area contributed by atoms with Gasteiger partial charge in [-0.15, -0.1) is 0 Å². The van der Waals surface area contributed by atoms with Crippen molar-refractivity contribution >= 4 is 17.6 Å². The zero-order valence-electron chi connectivity index (χ0n) is 12.8. The largest absolute Gasteiger partial charge is 0.508 e. The second-order valence-electron chi connectivity index (χ2n) is 6.50. The first kappa shape index (κ1) is 15.4. The Morgan fingerprint density at radius 2 is 1.90 bits per heavy atom. The quantitative estimate of drug-likeness (QED) is 0.837. The number of carbonyl (C=O) groups is 2. The molecule has 5 nitrogen and oxygen atoms in total. The van der Waals surface area contributed by atoms with Crippen molar-refractivity contribution < 1.29 is 19.4 Å². The highest BCUT2D eigenvalue weighted by molar-refractivity contribution is 5.93. The molecule has 21 heavy (non-hydrogen) atoms. The van der Waals surface area contributed by atoms with Gasteiger partial charge in [0.05, 0.1) is 5.41 Å². The number of ketones is 1. The SMILES string of the molecule is CC(=O)C1(c2cc(NC(=O)OC(C)(C)C)ccc2O)CC1. The average Bonchev–Trinajstić information content (AvgIpc) is 3.10. The Hall–Kier alpha value is -2.04. The molecular weight excluding hydrogens is 270 g/mol. The lowest BCUT2D eigenvalue weighted by molar-refractivity contribution is -0.119. The summed E-state index contributed by atoms with van der Waals surface area (Å²) in [4.78, 5) is 23.5. The van der Waals surface area contributed by atoms with E-state index in [2.05, 4.69) is 5.32 Å². The summed E-state index contributed by atoms with van der Waals surface area (Å²) in [6, 6.07) is 4.72. The summed E-state index contributed by atoms with van der Waals surface area (Å²) in [6.07, 6.45) is 0.893. The summed E-state index contributed by atoms with van der Waals surface area (Å²) in [7, 11) is 0. The number of amides is 1. The molecule has 0 saturated heterocycles. The molecule has 2 rings (SSSR count). The van der Waals surface area contributed by atoms with Crippen LogP contribution in [0.4, 0.5) is 10.5 Å². The van der Waals surface area contributed by atoms with E-state index in [-0.39, 0.29) is 11.5 Å². The number of anilines is 1. The molecular formula is C16H21NO4. The van der Waals surface area contributed by atoms with Crippen LogP contribution in [0.25, 0.3) is 0 Å². The molecule has 5 heteroatoms. The van der Waals surface area contributed by atoms with Crippen molar-refractivity contribution in [3.63, 3.8) is 0 Å². The molecule has 0 bridgehead atoms. The molecule has 0 aliphatic heterocycles. The molecule has 0 unspecified atom stereocenters.